The molecule has 0 aromatic rings. The highest BCUT2D eigenvalue weighted by Gasteiger charge is 2.17. The topological polar surface area (TPSA) is 6.48 Å². The largest absolute Gasteiger partial charge is 0.304 e. The highest BCUT2D eigenvalue weighted by Crippen LogP contribution is 2.08. The quantitative estimate of drug-likeness (QED) is 0.632. The van der Waals surface area contributed by atoms with Gasteiger partial charge in [-0.05, 0) is 20.4 Å². The van der Waals surface area contributed by atoms with Crippen molar-refractivity contribution in [3.05, 3.63) is 0 Å². The summed E-state index contributed by atoms with van der Waals surface area (Å²) < 4.78 is 0. The Hall–Kier alpha value is -0.0800. The smallest absolute Gasteiger partial charge is 0.0113 e. The van der Waals surface area contributed by atoms with Crippen LogP contribution < -0.4 is 0 Å². The lowest BCUT2D eigenvalue weighted by Gasteiger charge is -2.36. The van der Waals surface area contributed by atoms with Crippen molar-refractivity contribution in [2.24, 2.45) is 0 Å². The average Bonchev–Trinajstić information content (AvgIpc) is 2.06. The van der Waals surface area contributed by atoms with Crippen molar-refractivity contribution < 1.29 is 0 Å². The molecule has 72 valence electrons. The maximum atomic E-state index is 2.61. The van der Waals surface area contributed by atoms with E-state index < -0.39 is 0 Å². The molecule has 0 aromatic carbocycles. The second kappa shape index (κ2) is 4.83. The molecular formula is C10H22N2. The Morgan fingerprint density at radius 1 is 1.17 bits per heavy atom. The summed E-state index contributed by atoms with van der Waals surface area (Å²) in [6.45, 7) is 9.64. The molecule has 1 saturated heterocycles. The number of hydrogen-bond acceptors (Lipinski definition) is 2. The van der Waals surface area contributed by atoms with Gasteiger partial charge < -0.3 is 4.90 Å². The van der Waals surface area contributed by atoms with Gasteiger partial charge in [0, 0.05) is 32.2 Å². The summed E-state index contributed by atoms with van der Waals surface area (Å²) in [4.78, 5) is 5.03. The number of nitrogens with zero attached hydrogens (tertiary/aromatic N) is 2. The summed E-state index contributed by atoms with van der Waals surface area (Å²) >= 11 is 0. The second-order valence-corrected chi connectivity index (χ2v) is 3.98. The Labute approximate surface area is 76.5 Å². The summed E-state index contributed by atoms with van der Waals surface area (Å²) in [6, 6.07) is 0.795. The van der Waals surface area contributed by atoms with Crippen LogP contribution in [0.25, 0.3) is 0 Å². The summed E-state index contributed by atoms with van der Waals surface area (Å²) in [5, 5.41) is 0. The molecule has 0 N–H and O–H groups in total. The first-order valence-electron chi connectivity index (χ1n) is 5.16. The molecule has 1 rings (SSSR count). The van der Waals surface area contributed by atoms with Crippen LogP contribution in [0.1, 0.15) is 26.7 Å². The highest BCUT2D eigenvalue weighted by atomic mass is 15.3. The minimum atomic E-state index is 0.795. The van der Waals surface area contributed by atoms with Crippen molar-refractivity contribution in [3.63, 3.8) is 0 Å². The molecule has 0 aliphatic carbocycles. The molecule has 0 bridgehead atoms. The maximum absolute atomic E-state index is 2.61. The SMILES string of the molecule is CCCC(C)N1CCN(C)CC1. The Bertz CT molecular complexity index is 117. The fourth-order valence-electron chi connectivity index (χ4n) is 1.86. The van der Waals surface area contributed by atoms with Gasteiger partial charge in [0.15, 0.2) is 0 Å². The second-order valence-electron chi connectivity index (χ2n) is 3.98. The van der Waals surface area contributed by atoms with Crippen LogP contribution >= 0.6 is 0 Å². The van der Waals surface area contributed by atoms with Crippen LogP contribution in [-0.2, 0) is 0 Å². The van der Waals surface area contributed by atoms with E-state index in [4.69, 9.17) is 0 Å². The molecule has 1 aliphatic rings. The van der Waals surface area contributed by atoms with E-state index in [2.05, 4.69) is 30.7 Å². The number of likely N-dealkylation sites (N-methyl/N-ethyl adjacent to an activating group) is 1. The van der Waals surface area contributed by atoms with Gasteiger partial charge in [-0.3, -0.25) is 4.90 Å². The van der Waals surface area contributed by atoms with Crippen molar-refractivity contribution in [1.29, 1.82) is 0 Å². The number of piperazine rings is 1. The summed E-state index contributed by atoms with van der Waals surface area (Å²) in [5.41, 5.74) is 0. The lowest BCUT2D eigenvalue weighted by molar-refractivity contribution is 0.114. The van der Waals surface area contributed by atoms with Gasteiger partial charge in [0.2, 0.25) is 0 Å². The van der Waals surface area contributed by atoms with Gasteiger partial charge >= 0.3 is 0 Å². The third-order valence-electron chi connectivity index (χ3n) is 2.87. The molecule has 2 nitrogen and oxygen atoms in total. The van der Waals surface area contributed by atoms with E-state index >= 15 is 0 Å². The van der Waals surface area contributed by atoms with E-state index in [1.165, 1.54) is 39.0 Å². The summed E-state index contributed by atoms with van der Waals surface area (Å²) in [5.74, 6) is 0. The highest BCUT2D eigenvalue weighted by molar-refractivity contribution is 4.73. The van der Waals surface area contributed by atoms with Gasteiger partial charge in [0.25, 0.3) is 0 Å². The fourth-order valence-corrected chi connectivity index (χ4v) is 1.86. The molecule has 0 aromatic heterocycles. The number of rotatable bonds is 3. The Morgan fingerprint density at radius 3 is 2.25 bits per heavy atom. The molecule has 0 saturated carbocycles. The number of hydrogen-bond donors (Lipinski definition) is 0. The zero-order valence-electron chi connectivity index (χ0n) is 8.71. The van der Waals surface area contributed by atoms with Gasteiger partial charge in [0.05, 0.1) is 0 Å². The molecule has 1 unspecified atom stereocenters. The first-order chi connectivity index (χ1) is 5.74. The lowest BCUT2D eigenvalue weighted by atomic mass is 10.1. The third-order valence-corrected chi connectivity index (χ3v) is 2.87. The summed E-state index contributed by atoms with van der Waals surface area (Å²) in [7, 11) is 2.21. The Morgan fingerprint density at radius 2 is 1.75 bits per heavy atom. The molecule has 1 fully saturated rings. The molecule has 1 aliphatic heterocycles. The molecular weight excluding hydrogens is 148 g/mol. The molecule has 12 heavy (non-hydrogen) atoms. The van der Waals surface area contributed by atoms with Gasteiger partial charge in [-0.15, -0.1) is 0 Å². The minimum absolute atomic E-state index is 0.795. The average molecular weight is 170 g/mol. The maximum Gasteiger partial charge on any atom is 0.0113 e. The lowest BCUT2D eigenvalue weighted by Crippen LogP contribution is -2.48. The van der Waals surface area contributed by atoms with Gasteiger partial charge in [-0.25, -0.2) is 0 Å². The minimum Gasteiger partial charge on any atom is -0.304 e. The van der Waals surface area contributed by atoms with Crippen molar-refractivity contribution in [2.75, 3.05) is 33.2 Å². The van der Waals surface area contributed by atoms with E-state index in [9.17, 15) is 0 Å². The van der Waals surface area contributed by atoms with Crippen LogP contribution in [0.3, 0.4) is 0 Å². The molecule has 0 spiro atoms. The summed E-state index contributed by atoms with van der Waals surface area (Å²) in [6.07, 6.45) is 2.66. The standard InChI is InChI=1S/C10H22N2/c1-4-5-10(2)12-8-6-11(3)7-9-12/h10H,4-9H2,1-3H3. The Balaban J connectivity index is 2.24. The first kappa shape index (κ1) is 10.0. The van der Waals surface area contributed by atoms with Crippen LogP contribution in [0.15, 0.2) is 0 Å². The van der Waals surface area contributed by atoms with E-state index in [0.717, 1.165) is 6.04 Å². The normalized spacial score (nSPS) is 24.2. The molecule has 1 atom stereocenters. The van der Waals surface area contributed by atoms with E-state index in [0.29, 0.717) is 0 Å². The van der Waals surface area contributed by atoms with Crippen molar-refractivity contribution in [1.82, 2.24) is 9.80 Å². The van der Waals surface area contributed by atoms with Crippen molar-refractivity contribution in [2.45, 2.75) is 32.7 Å². The predicted octanol–water partition coefficient (Wildman–Crippen LogP) is 1.42. The van der Waals surface area contributed by atoms with Crippen LogP contribution in [0.4, 0.5) is 0 Å². The van der Waals surface area contributed by atoms with Crippen LogP contribution in [-0.4, -0.2) is 49.1 Å². The van der Waals surface area contributed by atoms with E-state index in [1.807, 2.05) is 0 Å². The molecule has 2 heteroatoms. The zero-order valence-corrected chi connectivity index (χ0v) is 8.71. The molecule has 0 radical (unpaired) electrons. The van der Waals surface area contributed by atoms with Gasteiger partial charge in [-0.2, -0.15) is 0 Å². The Kier molecular flexibility index (Phi) is 4.02. The van der Waals surface area contributed by atoms with Gasteiger partial charge in [-0.1, -0.05) is 13.3 Å². The van der Waals surface area contributed by atoms with Crippen LogP contribution in [0, 0.1) is 0 Å². The van der Waals surface area contributed by atoms with E-state index in [1.54, 1.807) is 0 Å². The fraction of sp³-hybridized carbons (Fsp3) is 1.00. The first-order valence-corrected chi connectivity index (χ1v) is 5.16. The zero-order chi connectivity index (χ0) is 8.97. The molecule has 1 heterocycles. The monoisotopic (exact) mass is 170 g/mol. The van der Waals surface area contributed by atoms with Crippen LogP contribution in [0.2, 0.25) is 0 Å². The van der Waals surface area contributed by atoms with Gasteiger partial charge in [0.1, 0.15) is 0 Å². The van der Waals surface area contributed by atoms with Crippen LogP contribution in [0.5, 0.6) is 0 Å². The van der Waals surface area contributed by atoms with Crippen molar-refractivity contribution in [3.8, 4) is 0 Å². The molecule has 0 amide bonds. The predicted molar refractivity (Wildman–Crippen MR) is 53.4 cm³/mol. The van der Waals surface area contributed by atoms with E-state index in [-0.39, 0.29) is 0 Å². The third kappa shape index (κ3) is 2.76. The van der Waals surface area contributed by atoms with Crippen molar-refractivity contribution >= 4 is 0 Å².